The Balaban J connectivity index is 2.33. The maximum Gasteiger partial charge on any atom is 0.190 e. The van der Waals surface area contributed by atoms with Crippen LogP contribution in [0.3, 0.4) is 0 Å². The highest BCUT2D eigenvalue weighted by molar-refractivity contribution is 6.00. The molecule has 4 N–H and O–H groups in total. The molecular weight excluding hydrogens is 244 g/mol. The minimum absolute atomic E-state index is 0.0175. The Morgan fingerprint density at radius 1 is 1.53 bits per heavy atom. The molecule has 6 nitrogen and oxygen atoms in total. The highest BCUT2D eigenvalue weighted by Gasteiger charge is 2.25. The summed E-state index contributed by atoms with van der Waals surface area (Å²) in [6.07, 6.45) is 5.67. The summed E-state index contributed by atoms with van der Waals surface area (Å²) < 4.78 is 0. The van der Waals surface area contributed by atoms with E-state index in [2.05, 4.69) is 15.0 Å². The van der Waals surface area contributed by atoms with Crippen molar-refractivity contribution in [2.24, 2.45) is 10.9 Å². The zero-order valence-corrected chi connectivity index (χ0v) is 10.9. The van der Waals surface area contributed by atoms with Crippen LogP contribution in [0.4, 0.5) is 5.69 Å². The van der Waals surface area contributed by atoms with Crippen molar-refractivity contribution >= 4 is 11.5 Å². The highest BCUT2D eigenvalue weighted by atomic mass is 16.4. The number of rotatable bonds is 4. The fourth-order valence-corrected chi connectivity index (χ4v) is 2.64. The van der Waals surface area contributed by atoms with Crippen LogP contribution >= 0.6 is 0 Å². The summed E-state index contributed by atoms with van der Waals surface area (Å²) in [6, 6.07) is 4.05. The van der Waals surface area contributed by atoms with Gasteiger partial charge in [-0.2, -0.15) is 0 Å². The minimum Gasteiger partial charge on any atom is -0.409 e. The first-order chi connectivity index (χ1) is 9.27. The van der Waals surface area contributed by atoms with Gasteiger partial charge >= 0.3 is 0 Å². The summed E-state index contributed by atoms with van der Waals surface area (Å²) in [5.74, 6) is 0.0175. The number of aromatic nitrogens is 1. The van der Waals surface area contributed by atoms with E-state index in [-0.39, 0.29) is 18.5 Å². The lowest BCUT2D eigenvalue weighted by Crippen LogP contribution is -2.41. The number of nitrogens with two attached hydrogens (primary N) is 1. The Kier molecular flexibility index (Phi) is 4.57. The number of amidine groups is 1. The molecule has 2 heterocycles. The second-order valence-corrected chi connectivity index (χ2v) is 4.71. The van der Waals surface area contributed by atoms with Crippen molar-refractivity contribution in [3.63, 3.8) is 0 Å². The number of hydrogen-bond acceptors (Lipinski definition) is 5. The Hall–Kier alpha value is -1.82. The maximum absolute atomic E-state index is 9.18. The van der Waals surface area contributed by atoms with Gasteiger partial charge in [0, 0.05) is 25.4 Å². The summed E-state index contributed by atoms with van der Waals surface area (Å²) in [5.41, 5.74) is 7.05. The summed E-state index contributed by atoms with van der Waals surface area (Å²) >= 11 is 0. The van der Waals surface area contributed by atoms with E-state index in [9.17, 15) is 5.11 Å². The number of pyridine rings is 1. The fourth-order valence-electron chi connectivity index (χ4n) is 2.64. The lowest BCUT2D eigenvalue weighted by molar-refractivity contribution is 0.262. The van der Waals surface area contributed by atoms with Crippen molar-refractivity contribution in [3.05, 3.63) is 24.0 Å². The van der Waals surface area contributed by atoms with Crippen LogP contribution in [-0.4, -0.2) is 40.3 Å². The van der Waals surface area contributed by atoms with Crippen LogP contribution in [-0.2, 0) is 0 Å². The molecule has 1 aliphatic heterocycles. The van der Waals surface area contributed by atoms with E-state index in [0.29, 0.717) is 5.69 Å². The third-order valence-electron chi connectivity index (χ3n) is 3.54. The summed E-state index contributed by atoms with van der Waals surface area (Å²) in [6.45, 7) is 1.07. The van der Waals surface area contributed by atoms with E-state index in [1.54, 1.807) is 6.20 Å². The lowest BCUT2D eigenvalue weighted by atomic mass is 9.98. The van der Waals surface area contributed by atoms with E-state index in [0.717, 1.165) is 31.5 Å². The highest BCUT2D eigenvalue weighted by Crippen LogP contribution is 2.28. The van der Waals surface area contributed by atoms with Gasteiger partial charge in [0.05, 0.1) is 5.69 Å². The van der Waals surface area contributed by atoms with Gasteiger partial charge < -0.3 is 20.9 Å². The fraction of sp³-hybridized carbons (Fsp3) is 0.538. The predicted octanol–water partition coefficient (Wildman–Crippen LogP) is 0.917. The third kappa shape index (κ3) is 2.96. The van der Waals surface area contributed by atoms with Crippen molar-refractivity contribution in [3.8, 4) is 0 Å². The van der Waals surface area contributed by atoms with Gasteiger partial charge in [-0.3, -0.25) is 4.98 Å². The first-order valence-electron chi connectivity index (χ1n) is 6.58. The Morgan fingerprint density at radius 3 is 3.11 bits per heavy atom. The molecule has 1 aliphatic rings. The molecule has 1 aromatic rings. The second-order valence-electron chi connectivity index (χ2n) is 4.71. The van der Waals surface area contributed by atoms with Gasteiger partial charge in [0.25, 0.3) is 0 Å². The van der Waals surface area contributed by atoms with E-state index < -0.39 is 0 Å². The van der Waals surface area contributed by atoms with E-state index in [4.69, 9.17) is 10.9 Å². The van der Waals surface area contributed by atoms with Crippen molar-refractivity contribution in [1.29, 1.82) is 0 Å². The van der Waals surface area contributed by atoms with Gasteiger partial charge in [-0.15, -0.1) is 0 Å². The maximum atomic E-state index is 9.18. The standard InChI is InChI=1S/C13H20N4O2/c14-13(16-19)12-11(5-3-7-15-12)17-8-2-1-4-10(17)6-9-18/h3,5,7,10,18-19H,1-2,4,6,8-9H2,(H2,14,16). The van der Waals surface area contributed by atoms with Gasteiger partial charge in [-0.1, -0.05) is 5.16 Å². The zero-order chi connectivity index (χ0) is 13.7. The average molecular weight is 264 g/mol. The topological polar surface area (TPSA) is 95.0 Å². The number of aliphatic hydroxyl groups is 1. The molecular formula is C13H20N4O2. The van der Waals surface area contributed by atoms with Gasteiger partial charge in [0.15, 0.2) is 5.84 Å². The molecule has 1 unspecified atom stereocenters. The monoisotopic (exact) mass is 264 g/mol. The number of aliphatic hydroxyl groups excluding tert-OH is 1. The Morgan fingerprint density at radius 2 is 2.37 bits per heavy atom. The third-order valence-corrected chi connectivity index (χ3v) is 3.54. The van der Waals surface area contributed by atoms with Crippen molar-refractivity contribution in [1.82, 2.24) is 4.98 Å². The molecule has 1 saturated heterocycles. The van der Waals surface area contributed by atoms with E-state index in [1.165, 1.54) is 6.42 Å². The van der Waals surface area contributed by atoms with Crippen molar-refractivity contribution in [2.75, 3.05) is 18.1 Å². The zero-order valence-electron chi connectivity index (χ0n) is 10.9. The second kappa shape index (κ2) is 6.38. The molecule has 0 spiro atoms. The smallest absolute Gasteiger partial charge is 0.190 e. The van der Waals surface area contributed by atoms with Crippen molar-refractivity contribution < 1.29 is 10.3 Å². The van der Waals surface area contributed by atoms with Crippen LogP contribution in [0, 0.1) is 0 Å². The Labute approximate surface area is 112 Å². The first-order valence-corrected chi connectivity index (χ1v) is 6.58. The lowest BCUT2D eigenvalue weighted by Gasteiger charge is -2.38. The van der Waals surface area contributed by atoms with Crippen LogP contribution in [0.25, 0.3) is 0 Å². The van der Waals surface area contributed by atoms with Crippen LogP contribution < -0.4 is 10.6 Å². The molecule has 0 amide bonds. The molecule has 6 heteroatoms. The van der Waals surface area contributed by atoms with Gasteiger partial charge in [-0.25, -0.2) is 0 Å². The molecule has 0 bridgehead atoms. The van der Waals surface area contributed by atoms with Gasteiger partial charge in [0.1, 0.15) is 5.69 Å². The first kappa shape index (κ1) is 13.6. The largest absolute Gasteiger partial charge is 0.409 e. The Bertz CT molecular complexity index is 448. The predicted molar refractivity (Wildman–Crippen MR) is 73.4 cm³/mol. The molecule has 1 aromatic heterocycles. The normalized spacial score (nSPS) is 20.6. The quantitative estimate of drug-likeness (QED) is 0.325. The molecule has 0 saturated carbocycles. The summed E-state index contributed by atoms with van der Waals surface area (Å²) in [7, 11) is 0. The number of hydrogen-bond donors (Lipinski definition) is 3. The molecule has 2 rings (SSSR count). The van der Waals surface area contributed by atoms with Crippen LogP contribution in [0.5, 0.6) is 0 Å². The van der Waals surface area contributed by atoms with Crippen molar-refractivity contribution in [2.45, 2.75) is 31.7 Å². The van der Waals surface area contributed by atoms with Gasteiger partial charge in [0.2, 0.25) is 0 Å². The summed E-state index contributed by atoms with van der Waals surface area (Å²) in [5, 5.41) is 21.1. The van der Waals surface area contributed by atoms with Crippen LogP contribution in [0.1, 0.15) is 31.4 Å². The average Bonchev–Trinajstić information content (AvgIpc) is 2.47. The molecule has 19 heavy (non-hydrogen) atoms. The van der Waals surface area contributed by atoms with E-state index in [1.807, 2.05) is 12.1 Å². The SMILES string of the molecule is N/C(=N/O)c1ncccc1N1CCCCC1CCO. The molecule has 104 valence electrons. The minimum atomic E-state index is 0.0175. The molecule has 1 fully saturated rings. The molecule has 0 aromatic carbocycles. The van der Waals surface area contributed by atoms with Crippen LogP contribution in [0.2, 0.25) is 0 Å². The number of oxime groups is 1. The van der Waals surface area contributed by atoms with Crippen LogP contribution in [0.15, 0.2) is 23.5 Å². The molecule has 1 atom stereocenters. The molecule has 0 aliphatic carbocycles. The van der Waals surface area contributed by atoms with E-state index >= 15 is 0 Å². The summed E-state index contributed by atoms with van der Waals surface area (Å²) in [4.78, 5) is 6.41. The van der Waals surface area contributed by atoms with Gasteiger partial charge in [-0.05, 0) is 37.8 Å². The number of anilines is 1. The molecule has 0 radical (unpaired) electrons. The number of nitrogens with zero attached hydrogens (tertiary/aromatic N) is 3. The number of piperidine rings is 1.